The van der Waals surface area contributed by atoms with Crippen molar-refractivity contribution in [3.8, 4) is 0 Å². The Morgan fingerprint density at radius 3 is 2.44 bits per heavy atom. The number of rotatable bonds is 5. The van der Waals surface area contributed by atoms with Crippen molar-refractivity contribution in [1.82, 2.24) is 5.32 Å². The minimum absolute atomic E-state index is 0.0990. The van der Waals surface area contributed by atoms with Crippen LogP contribution in [0.15, 0.2) is 0 Å². The van der Waals surface area contributed by atoms with Gasteiger partial charge >= 0.3 is 5.97 Å². The van der Waals surface area contributed by atoms with Crippen molar-refractivity contribution >= 4 is 5.97 Å². The predicted octanol–water partition coefficient (Wildman–Crippen LogP) is 2.64. The number of hydrogen-bond acceptors (Lipinski definition) is 3. The standard InChI is InChI=1S/C13H25NO2/c1-3-8-12(13(15)16-2)14-11-9-6-4-5-7-10-11/h11-12,14H,3-10H2,1-2H3. The van der Waals surface area contributed by atoms with Crippen LogP contribution in [0.25, 0.3) is 0 Å². The van der Waals surface area contributed by atoms with Gasteiger partial charge in [-0.2, -0.15) is 0 Å². The first-order valence-corrected chi connectivity index (χ1v) is 6.61. The van der Waals surface area contributed by atoms with Gasteiger partial charge in [0.25, 0.3) is 0 Å². The van der Waals surface area contributed by atoms with Crippen molar-refractivity contribution in [3.05, 3.63) is 0 Å². The normalized spacial score (nSPS) is 20.1. The molecule has 1 unspecified atom stereocenters. The smallest absolute Gasteiger partial charge is 0.322 e. The highest BCUT2D eigenvalue weighted by Gasteiger charge is 2.22. The Hall–Kier alpha value is -0.570. The summed E-state index contributed by atoms with van der Waals surface area (Å²) in [4.78, 5) is 11.6. The first-order chi connectivity index (χ1) is 7.77. The summed E-state index contributed by atoms with van der Waals surface area (Å²) in [6.07, 6.45) is 9.57. The van der Waals surface area contributed by atoms with Crippen LogP contribution in [-0.2, 0) is 9.53 Å². The molecule has 1 aliphatic carbocycles. The number of carbonyl (C=O) groups is 1. The molecular weight excluding hydrogens is 202 g/mol. The van der Waals surface area contributed by atoms with Gasteiger partial charge in [0.2, 0.25) is 0 Å². The quantitative estimate of drug-likeness (QED) is 0.579. The zero-order chi connectivity index (χ0) is 11.8. The molecule has 0 aromatic heterocycles. The van der Waals surface area contributed by atoms with Gasteiger partial charge in [0, 0.05) is 6.04 Å². The molecule has 0 radical (unpaired) electrons. The molecule has 1 rings (SSSR count). The molecule has 1 atom stereocenters. The minimum Gasteiger partial charge on any atom is -0.468 e. The molecule has 1 N–H and O–H groups in total. The summed E-state index contributed by atoms with van der Waals surface area (Å²) in [6.45, 7) is 2.10. The average Bonchev–Trinajstić information content (AvgIpc) is 2.56. The molecule has 1 fully saturated rings. The highest BCUT2D eigenvalue weighted by atomic mass is 16.5. The second-order valence-electron chi connectivity index (χ2n) is 4.72. The van der Waals surface area contributed by atoms with E-state index in [0.29, 0.717) is 6.04 Å². The monoisotopic (exact) mass is 227 g/mol. The van der Waals surface area contributed by atoms with Gasteiger partial charge in [-0.25, -0.2) is 0 Å². The molecule has 3 heteroatoms. The lowest BCUT2D eigenvalue weighted by Gasteiger charge is -2.22. The SMILES string of the molecule is CCCC(NC1CCCCCC1)C(=O)OC. The maximum absolute atomic E-state index is 11.6. The first-order valence-electron chi connectivity index (χ1n) is 6.61. The van der Waals surface area contributed by atoms with Crippen LogP contribution in [0, 0.1) is 0 Å². The molecule has 1 saturated carbocycles. The fourth-order valence-corrected chi connectivity index (χ4v) is 2.43. The summed E-state index contributed by atoms with van der Waals surface area (Å²) >= 11 is 0. The third kappa shape index (κ3) is 4.52. The van der Waals surface area contributed by atoms with E-state index in [0.717, 1.165) is 12.8 Å². The molecule has 0 aromatic rings. The van der Waals surface area contributed by atoms with Crippen molar-refractivity contribution in [2.45, 2.75) is 70.4 Å². The summed E-state index contributed by atoms with van der Waals surface area (Å²) in [5.41, 5.74) is 0. The summed E-state index contributed by atoms with van der Waals surface area (Å²) in [5.74, 6) is -0.105. The molecule has 0 aromatic carbocycles. The Morgan fingerprint density at radius 2 is 1.94 bits per heavy atom. The fourth-order valence-electron chi connectivity index (χ4n) is 2.43. The maximum Gasteiger partial charge on any atom is 0.322 e. The lowest BCUT2D eigenvalue weighted by molar-refractivity contribution is -0.143. The summed E-state index contributed by atoms with van der Waals surface area (Å²) in [5, 5.41) is 3.47. The van der Waals surface area contributed by atoms with Gasteiger partial charge in [-0.15, -0.1) is 0 Å². The van der Waals surface area contributed by atoms with Gasteiger partial charge < -0.3 is 10.1 Å². The summed E-state index contributed by atoms with van der Waals surface area (Å²) in [6, 6.07) is 0.413. The topological polar surface area (TPSA) is 38.3 Å². The second-order valence-corrected chi connectivity index (χ2v) is 4.72. The highest BCUT2D eigenvalue weighted by molar-refractivity contribution is 5.75. The van der Waals surface area contributed by atoms with Gasteiger partial charge in [0.05, 0.1) is 7.11 Å². The zero-order valence-corrected chi connectivity index (χ0v) is 10.6. The van der Waals surface area contributed by atoms with E-state index in [1.54, 1.807) is 0 Å². The van der Waals surface area contributed by atoms with Crippen molar-refractivity contribution in [3.63, 3.8) is 0 Å². The van der Waals surface area contributed by atoms with E-state index >= 15 is 0 Å². The van der Waals surface area contributed by atoms with Gasteiger partial charge in [-0.1, -0.05) is 39.0 Å². The van der Waals surface area contributed by atoms with E-state index in [2.05, 4.69) is 12.2 Å². The number of methoxy groups -OCH3 is 1. The summed E-state index contributed by atoms with van der Waals surface area (Å²) < 4.78 is 4.84. The highest BCUT2D eigenvalue weighted by Crippen LogP contribution is 2.18. The number of esters is 1. The Kier molecular flexibility index (Phi) is 6.46. The van der Waals surface area contributed by atoms with E-state index in [4.69, 9.17) is 4.74 Å². The molecule has 0 heterocycles. The maximum atomic E-state index is 11.6. The molecule has 16 heavy (non-hydrogen) atoms. The largest absolute Gasteiger partial charge is 0.468 e. The number of nitrogens with one attached hydrogen (secondary N) is 1. The zero-order valence-electron chi connectivity index (χ0n) is 10.6. The molecule has 0 bridgehead atoms. The van der Waals surface area contributed by atoms with E-state index in [1.165, 1.54) is 45.6 Å². The lowest BCUT2D eigenvalue weighted by atomic mass is 10.1. The first kappa shape index (κ1) is 13.5. The molecule has 0 aliphatic heterocycles. The van der Waals surface area contributed by atoms with E-state index < -0.39 is 0 Å². The van der Waals surface area contributed by atoms with Crippen molar-refractivity contribution in [2.75, 3.05) is 7.11 Å². The van der Waals surface area contributed by atoms with Crippen LogP contribution in [0.3, 0.4) is 0 Å². The number of ether oxygens (including phenoxy) is 1. The fraction of sp³-hybridized carbons (Fsp3) is 0.923. The van der Waals surface area contributed by atoms with Crippen LogP contribution < -0.4 is 5.32 Å². The Labute approximate surface area is 98.9 Å². The van der Waals surface area contributed by atoms with Gasteiger partial charge in [-0.05, 0) is 19.3 Å². The Balaban J connectivity index is 2.42. The number of hydrogen-bond donors (Lipinski definition) is 1. The third-order valence-corrected chi connectivity index (χ3v) is 3.36. The van der Waals surface area contributed by atoms with E-state index in [-0.39, 0.29) is 12.0 Å². The van der Waals surface area contributed by atoms with Gasteiger partial charge in [-0.3, -0.25) is 4.79 Å². The van der Waals surface area contributed by atoms with Crippen molar-refractivity contribution in [1.29, 1.82) is 0 Å². The van der Waals surface area contributed by atoms with Crippen molar-refractivity contribution < 1.29 is 9.53 Å². The minimum atomic E-state index is -0.105. The Bertz CT molecular complexity index is 198. The average molecular weight is 227 g/mol. The molecule has 3 nitrogen and oxygen atoms in total. The second kappa shape index (κ2) is 7.66. The Morgan fingerprint density at radius 1 is 1.31 bits per heavy atom. The van der Waals surface area contributed by atoms with Crippen LogP contribution in [0.4, 0.5) is 0 Å². The van der Waals surface area contributed by atoms with Crippen LogP contribution in [0.2, 0.25) is 0 Å². The van der Waals surface area contributed by atoms with Crippen LogP contribution in [0.5, 0.6) is 0 Å². The molecular formula is C13H25NO2. The van der Waals surface area contributed by atoms with E-state index in [9.17, 15) is 4.79 Å². The molecule has 1 aliphatic rings. The van der Waals surface area contributed by atoms with Gasteiger partial charge in [0.1, 0.15) is 6.04 Å². The number of carbonyl (C=O) groups excluding carboxylic acids is 1. The van der Waals surface area contributed by atoms with Crippen LogP contribution in [0.1, 0.15) is 58.3 Å². The van der Waals surface area contributed by atoms with Crippen molar-refractivity contribution in [2.24, 2.45) is 0 Å². The lowest BCUT2D eigenvalue weighted by Crippen LogP contribution is -2.43. The van der Waals surface area contributed by atoms with Gasteiger partial charge in [0.15, 0.2) is 0 Å². The summed E-state index contributed by atoms with van der Waals surface area (Å²) in [7, 11) is 1.47. The van der Waals surface area contributed by atoms with Crippen LogP contribution in [-0.4, -0.2) is 25.2 Å². The molecule has 94 valence electrons. The predicted molar refractivity (Wildman–Crippen MR) is 65.3 cm³/mol. The molecule has 0 amide bonds. The van der Waals surface area contributed by atoms with E-state index in [1.807, 2.05) is 0 Å². The van der Waals surface area contributed by atoms with Crippen LogP contribution >= 0.6 is 0 Å². The third-order valence-electron chi connectivity index (χ3n) is 3.36. The molecule has 0 spiro atoms. The molecule has 0 saturated heterocycles.